The van der Waals surface area contributed by atoms with E-state index in [1.807, 2.05) is 0 Å². The number of likely N-dealkylation sites (N-methyl/N-ethyl adjacent to an activating group) is 1. The van der Waals surface area contributed by atoms with Crippen molar-refractivity contribution < 1.29 is 22.8 Å². The highest BCUT2D eigenvalue weighted by Crippen LogP contribution is 2.30. The fraction of sp³-hybridized carbons (Fsp3) is 0.556. The Hall–Kier alpha value is -2.09. The number of halogens is 3. The molecule has 0 aliphatic heterocycles. The second-order valence-corrected chi connectivity index (χ2v) is 6.68. The molecule has 0 spiro atoms. The molecule has 8 heteroatoms. The van der Waals surface area contributed by atoms with Crippen molar-refractivity contribution in [3.05, 3.63) is 35.4 Å². The third-order valence-corrected chi connectivity index (χ3v) is 4.75. The molecule has 1 saturated carbocycles. The lowest BCUT2D eigenvalue weighted by Crippen LogP contribution is -2.41. The highest BCUT2D eigenvalue weighted by atomic mass is 19.4. The van der Waals surface area contributed by atoms with Gasteiger partial charge in [-0.3, -0.25) is 9.59 Å². The van der Waals surface area contributed by atoms with Gasteiger partial charge in [-0.2, -0.15) is 13.2 Å². The molecule has 1 aliphatic rings. The van der Waals surface area contributed by atoms with Crippen LogP contribution in [0.15, 0.2) is 24.3 Å². The van der Waals surface area contributed by atoms with Crippen LogP contribution in [0.2, 0.25) is 0 Å². The summed E-state index contributed by atoms with van der Waals surface area (Å²) in [7, 11) is 1.45. The van der Waals surface area contributed by atoms with Crippen molar-refractivity contribution in [3.8, 4) is 0 Å². The molecule has 2 amide bonds. The smallest absolute Gasteiger partial charge is 0.358 e. The highest BCUT2D eigenvalue weighted by Gasteiger charge is 2.31. The zero-order valence-corrected chi connectivity index (χ0v) is 14.7. The number of rotatable bonds is 6. The van der Waals surface area contributed by atoms with E-state index in [1.54, 1.807) is 0 Å². The Morgan fingerprint density at radius 3 is 2.62 bits per heavy atom. The fourth-order valence-corrected chi connectivity index (χ4v) is 3.22. The van der Waals surface area contributed by atoms with Crippen LogP contribution in [-0.4, -0.2) is 36.3 Å². The maximum Gasteiger partial charge on any atom is 0.416 e. The van der Waals surface area contributed by atoms with Gasteiger partial charge in [0.2, 0.25) is 11.8 Å². The van der Waals surface area contributed by atoms with Gasteiger partial charge in [-0.25, -0.2) is 0 Å². The Kier molecular flexibility index (Phi) is 6.63. The van der Waals surface area contributed by atoms with Crippen molar-refractivity contribution in [2.75, 3.05) is 13.6 Å². The van der Waals surface area contributed by atoms with Crippen LogP contribution >= 0.6 is 0 Å². The molecule has 1 aromatic rings. The normalized spacial score (nSPS) is 20.0. The van der Waals surface area contributed by atoms with E-state index in [4.69, 9.17) is 5.73 Å². The number of amides is 2. The predicted octanol–water partition coefficient (Wildman–Crippen LogP) is 2.30. The molecule has 2 rings (SSSR count). The third-order valence-electron chi connectivity index (χ3n) is 4.75. The summed E-state index contributed by atoms with van der Waals surface area (Å²) in [4.78, 5) is 25.7. The van der Waals surface area contributed by atoms with Gasteiger partial charge in [-0.15, -0.1) is 0 Å². The van der Waals surface area contributed by atoms with Gasteiger partial charge in [0, 0.05) is 26.1 Å². The molecule has 1 aliphatic carbocycles. The number of hydrogen-bond donors (Lipinski definition) is 2. The van der Waals surface area contributed by atoms with E-state index in [2.05, 4.69) is 5.32 Å². The van der Waals surface area contributed by atoms with Crippen molar-refractivity contribution in [1.29, 1.82) is 0 Å². The maximum absolute atomic E-state index is 12.9. The molecule has 0 heterocycles. The molecular weight excluding hydrogens is 347 g/mol. The molecule has 1 fully saturated rings. The number of benzene rings is 1. The number of nitrogens with two attached hydrogens (primary N) is 1. The third kappa shape index (κ3) is 5.45. The Morgan fingerprint density at radius 2 is 2.04 bits per heavy atom. The summed E-state index contributed by atoms with van der Waals surface area (Å²) in [6.07, 6.45) is -1.58. The Balaban J connectivity index is 2.14. The van der Waals surface area contributed by atoms with E-state index < -0.39 is 11.7 Å². The Morgan fingerprint density at radius 1 is 1.31 bits per heavy atom. The summed E-state index contributed by atoms with van der Waals surface area (Å²) in [6.45, 7) is -0.258. The van der Waals surface area contributed by atoms with E-state index >= 15 is 0 Å². The van der Waals surface area contributed by atoms with Gasteiger partial charge in [0.1, 0.15) is 0 Å². The summed E-state index contributed by atoms with van der Waals surface area (Å²) < 4.78 is 38.7. The van der Waals surface area contributed by atoms with Crippen LogP contribution in [0.3, 0.4) is 0 Å². The lowest BCUT2D eigenvalue weighted by Gasteiger charge is -2.25. The molecular formula is C18H24F3N3O2. The first-order valence-electron chi connectivity index (χ1n) is 8.60. The first-order valence-corrected chi connectivity index (χ1v) is 8.60. The van der Waals surface area contributed by atoms with Crippen molar-refractivity contribution in [2.24, 2.45) is 11.7 Å². The standard InChI is InChI=1S/C18H24F3N3O2/c1-23-16(25)11-24(17(26)9-13-5-3-7-15(13)22)10-12-4-2-6-14(8-12)18(19,20)21/h2,4,6,8,13,15H,3,5,7,9-11,22H2,1H3,(H,23,25)/t13-,15+/m0/s1. The summed E-state index contributed by atoms with van der Waals surface area (Å²) >= 11 is 0. The average Bonchev–Trinajstić information content (AvgIpc) is 2.98. The fourth-order valence-electron chi connectivity index (χ4n) is 3.22. The number of nitrogens with one attached hydrogen (secondary N) is 1. The largest absolute Gasteiger partial charge is 0.416 e. The second kappa shape index (κ2) is 8.53. The van der Waals surface area contributed by atoms with Crippen LogP contribution in [0.4, 0.5) is 13.2 Å². The molecule has 0 bridgehead atoms. The molecule has 0 aromatic heterocycles. The van der Waals surface area contributed by atoms with Crippen LogP contribution in [0.25, 0.3) is 0 Å². The number of carbonyl (C=O) groups is 2. The van der Waals surface area contributed by atoms with E-state index in [-0.39, 0.29) is 43.3 Å². The monoisotopic (exact) mass is 371 g/mol. The van der Waals surface area contributed by atoms with E-state index in [1.165, 1.54) is 24.1 Å². The molecule has 0 saturated heterocycles. The quantitative estimate of drug-likeness (QED) is 0.806. The van der Waals surface area contributed by atoms with Gasteiger partial charge in [-0.05, 0) is 36.5 Å². The number of carbonyl (C=O) groups excluding carboxylic acids is 2. The molecule has 3 N–H and O–H groups in total. The maximum atomic E-state index is 12.9. The molecule has 2 atom stereocenters. The van der Waals surface area contributed by atoms with Crippen LogP contribution in [-0.2, 0) is 22.3 Å². The van der Waals surface area contributed by atoms with E-state index in [0.717, 1.165) is 31.4 Å². The summed E-state index contributed by atoms with van der Waals surface area (Å²) in [5.74, 6) is -0.592. The van der Waals surface area contributed by atoms with Gasteiger partial charge in [0.05, 0.1) is 12.1 Å². The minimum absolute atomic E-state index is 0.0469. The van der Waals surface area contributed by atoms with Crippen molar-refractivity contribution in [2.45, 2.75) is 44.4 Å². The summed E-state index contributed by atoms with van der Waals surface area (Å²) in [5.41, 5.74) is 5.55. The highest BCUT2D eigenvalue weighted by molar-refractivity contribution is 5.84. The van der Waals surface area contributed by atoms with E-state index in [0.29, 0.717) is 5.56 Å². The lowest BCUT2D eigenvalue weighted by atomic mass is 9.99. The van der Waals surface area contributed by atoms with Gasteiger partial charge >= 0.3 is 6.18 Å². The predicted molar refractivity (Wildman–Crippen MR) is 90.9 cm³/mol. The van der Waals surface area contributed by atoms with Gasteiger partial charge in [0.15, 0.2) is 0 Å². The molecule has 5 nitrogen and oxygen atoms in total. The van der Waals surface area contributed by atoms with Crippen molar-refractivity contribution in [3.63, 3.8) is 0 Å². The lowest BCUT2D eigenvalue weighted by molar-refractivity contribution is -0.138. The SMILES string of the molecule is CNC(=O)CN(Cc1cccc(C(F)(F)F)c1)C(=O)C[C@@H]1CCC[C@H]1N. The van der Waals surface area contributed by atoms with Gasteiger partial charge < -0.3 is 16.0 Å². The molecule has 26 heavy (non-hydrogen) atoms. The van der Waals surface area contributed by atoms with Crippen molar-refractivity contribution in [1.82, 2.24) is 10.2 Å². The topological polar surface area (TPSA) is 75.4 Å². The summed E-state index contributed by atoms with van der Waals surface area (Å²) in [6, 6.07) is 4.75. The second-order valence-electron chi connectivity index (χ2n) is 6.68. The minimum Gasteiger partial charge on any atom is -0.358 e. The molecule has 1 aromatic carbocycles. The molecule has 0 unspecified atom stereocenters. The van der Waals surface area contributed by atoms with Crippen molar-refractivity contribution >= 4 is 11.8 Å². The number of nitrogens with zero attached hydrogens (tertiary/aromatic N) is 1. The summed E-state index contributed by atoms with van der Waals surface area (Å²) in [5, 5.41) is 2.44. The Labute approximate surface area is 150 Å². The number of hydrogen-bond acceptors (Lipinski definition) is 3. The zero-order valence-electron chi connectivity index (χ0n) is 14.7. The first kappa shape index (κ1) is 20.2. The average molecular weight is 371 g/mol. The van der Waals surface area contributed by atoms with Crippen LogP contribution in [0.1, 0.15) is 36.8 Å². The molecule has 0 radical (unpaired) electrons. The Bertz CT molecular complexity index is 649. The zero-order chi connectivity index (χ0) is 19.3. The van der Waals surface area contributed by atoms with Gasteiger partial charge in [-0.1, -0.05) is 18.6 Å². The van der Waals surface area contributed by atoms with E-state index in [9.17, 15) is 22.8 Å². The number of alkyl halides is 3. The van der Waals surface area contributed by atoms with Gasteiger partial charge in [0.25, 0.3) is 0 Å². The first-order chi connectivity index (χ1) is 12.2. The van der Waals surface area contributed by atoms with Crippen LogP contribution in [0, 0.1) is 5.92 Å². The molecule has 144 valence electrons. The van der Waals surface area contributed by atoms with Crippen LogP contribution in [0.5, 0.6) is 0 Å². The minimum atomic E-state index is -4.46. The van der Waals surface area contributed by atoms with Crippen LogP contribution < -0.4 is 11.1 Å².